The van der Waals surface area contributed by atoms with Crippen LogP contribution in [0.5, 0.6) is 0 Å². The van der Waals surface area contributed by atoms with Crippen molar-refractivity contribution in [2.24, 2.45) is 0 Å². The molecule has 3 heteroatoms. The molecule has 0 aliphatic rings. The van der Waals surface area contributed by atoms with Gasteiger partial charge in [-0.05, 0) is 74.8 Å². The van der Waals surface area contributed by atoms with Crippen LogP contribution < -0.4 is 5.30 Å². The van der Waals surface area contributed by atoms with E-state index in [4.69, 9.17) is 0 Å². The van der Waals surface area contributed by atoms with Crippen molar-refractivity contribution in [2.75, 3.05) is 0 Å². The first-order chi connectivity index (χ1) is 10.6. The average Bonchev–Trinajstić information content (AvgIpc) is 2.41. The normalized spacial score (nSPS) is 11.6. The molecule has 0 saturated carbocycles. The van der Waals surface area contributed by atoms with Crippen LogP contribution in [0.4, 0.5) is 0 Å². The SMILES string of the molecule is Cc1cc(C(C)(C)C)cc(C)c1PC(=O)c1c(C)cccc1C.[LiH]. The molecule has 124 valence electrons. The van der Waals surface area contributed by atoms with Crippen LogP contribution in [-0.4, -0.2) is 24.4 Å². The molecule has 0 aliphatic carbocycles. The summed E-state index contributed by atoms with van der Waals surface area (Å²) in [7, 11) is 0.187. The van der Waals surface area contributed by atoms with Gasteiger partial charge in [-0.3, -0.25) is 4.79 Å². The first-order valence-electron chi connectivity index (χ1n) is 8.10. The fourth-order valence-corrected chi connectivity index (χ4v) is 4.23. The van der Waals surface area contributed by atoms with Crippen molar-refractivity contribution >= 4 is 38.3 Å². The molecule has 0 N–H and O–H groups in total. The van der Waals surface area contributed by atoms with E-state index in [9.17, 15) is 4.79 Å². The number of carbonyl (C=O) groups is 1. The van der Waals surface area contributed by atoms with Gasteiger partial charge in [0.15, 0.2) is 5.52 Å². The summed E-state index contributed by atoms with van der Waals surface area (Å²) >= 11 is 0. The van der Waals surface area contributed by atoms with Crippen LogP contribution in [0.15, 0.2) is 30.3 Å². The maximum atomic E-state index is 12.9. The van der Waals surface area contributed by atoms with Gasteiger partial charge in [-0.15, -0.1) is 0 Å². The van der Waals surface area contributed by atoms with Crippen molar-refractivity contribution in [1.82, 2.24) is 0 Å². The Kier molecular flexibility index (Phi) is 7.07. The van der Waals surface area contributed by atoms with E-state index in [1.807, 2.05) is 32.0 Å². The predicted octanol–water partition coefficient (Wildman–Crippen LogP) is 4.71. The zero-order valence-corrected chi connectivity index (χ0v) is 16.3. The topological polar surface area (TPSA) is 17.1 Å². The molecule has 0 heterocycles. The van der Waals surface area contributed by atoms with Gasteiger partial charge in [0.2, 0.25) is 0 Å². The Labute approximate surface area is 160 Å². The van der Waals surface area contributed by atoms with Crippen molar-refractivity contribution < 1.29 is 4.79 Å². The third-order valence-corrected chi connectivity index (χ3v) is 5.86. The first-order valence-corrected chi connectivity index (χ1v) is 9.10. The summed E-state index contributed by atoms with van der Waals surface area (Å²) < 4.78 is 0. The van der Waals surface area contributed by atoms with E-state index in [0.717, 1.165) is 16.7 Å². The molecule has 0 bridgehead atoms. The van der Waals surface area contributed by atoms with E-state index < -0.39 is 0 Å². The van der Waals surface area contributed by atoms with E-state index in [1.54, 1.807) is 0 Å². The minimum absolute atomic E-state index is 0. The van der Waals surface area contributed by atoms with Crippen LogP contribution in [-0.2, 0) is 5.41 Å². The van der Waals surface area contributed by atoms with Gasteiger partial charge in [0.05, 0.1) is 0 Å². The molecule has 2 aromatic carbocycles. The first kappa shape index (κ1) is 21.2. The Morgan fingerprint density at radius 3 is 1.75 bits per heavy atom. The van der Waals surface area contributed by atoms with Gasteiger partial charge in [-0.25, -0.2) is 0 Å². The summed E-state index contributed by atoms with van der Waals surface area (Å²) in [6.07, 6.45) is 0. The van der Waals surface area contributed by atoms with E-state index in [-0.39, 0.29) is 38.4 Å². The standard InChI is InChI=1S/C21H27OP.Li.H/c1-13-9-8-10-14(2)18(13)20(22)23-19-15(3)11-17(12-16(19)4)21(5,6)7;;/h8-12,23H,1-7H3;;. The second-order valence-electron chi connectivity index (χ2n) is 7.46. The summed E-state index contributed by atoms with van der Waals surface area (Å²) in [4.78, 5) is 12.9. The van der Waals surface area contributed by atoms with Gasteiger partial charge in [0, 0.05) is 5.56 Å². The molecule has 1 nitrogen and oxygen atoms in total. The predicted molar refractivity (Wildman–Crippen MR) is 110 cm³/mol. The third-order valence-electron chi connectivity index (χ3n) is 4.35. The van der Waals surface area contributed by atoms with Crippen molar-refractivity contribution in [3.8, 4) is 0 Å². The molecule has 0 saturated heterocycles. The average molecular weight is 334 g/mol. The Morgan fingerprint density at radius 2 is 1.33 bits per heavy atom. The number of hydrogen-bond donors (Lipinski definition) is 0. The second-order valence-corrected chi connectivity index (χ2v) is 8.66. The maximum absolute atomic E-state index is 12.9. The number of hydrogen-bond acceptors (Lipinski definition) is 1. The fraction of sp³-hybridized carbons (Fsp3) is 0.381. The minimum atomic E-state index is 0. The number of carbonyl (C=O) groups excluding carboxylic acids is 1. The van der Waals surface area contributed by atoms with E-state index in [0.29, 0.717) is 0 Å². The Bertz CT molecular complexity index is 714. The van der Waals surface area contributed by atoms with Crippen LogP contribution in [0.1, 0.15) is 58.9 Å². The van der Waals surface area contributed by atoms with Crippen LogP contribution >= 0.6 is 8.58 Å². The monoisotopic (exact) mass is 334 g/mol. The van der Waals surface area contributed by atoms with E-state index >= 15 is 0 Å². The summed E-state index contributed by atoms with van der Waals surface area (Å²) in [5.74, 6) is 0. The summed E-state index contributed by atoms with van der Waals surface area (Å²) in [6.45, 7) is 15.0. The molecule has 0 aromatic heterocycles. The molecular weight excluding hydrogens is 306 g/mol. The molecule has 1 unspecified atom stereocenters. The Balaban J connectivity index is 0.00000288. The van der Waals surface area contributed by atoms with E-state index in [2.05, 4.69) is 46.8 Å². The van der Waals surface area contributed by atoms with Crippen LogP contribution in [0, 0.1) is 27.7 Å². The van der Waals surface area contributed by atoms with Gasteiger partial charge in [0.1, 0.15) is 0 Å². The molecule has 0 spiro atoms. The molecule has 1 atom stereocenters. The molecule has 24 heavy (non-hydrogen) atoms. The number of aryl methyl sites for hydroxylation is 4. The van der Waals surface area contributed by atoms with Crippen LogP contribution in [0.2, 0.25) is 0 Å². The summed E-state index contributed by atoms with van der Waals surface area (Å²) in [6, 6.07) is 10.5. The molecule has 2 rings (SSSR count). The Morgan fingerprint density at radius 1 is 0.875 bits per heavy atom. The Hall–Kier alpha value is -0.863. The summed E-state index contributed by atoms with van der Waals surface area (Å²) in [5, 5.41) is 1.20. The van der Waals surface area contributed by atoms with Crippen molar-refractivity contribution in [1.29, 1.82) is 0 Å². The third kappa shape index (κ3) is 4.61. The van der Waals surface area contributed by atoms with Gasteiger partial charge >= 0.3 is 18.9 Å². The zero-order chi connectivity index (χ0) is 17.4. The van der Waals surface area contributed by atoms with Gasteiger partial charge in [-0.1, -0.05) is 51.1 Å². The number of benzene rings is 2. The molecule has 0 fully saturated rings. The van der Waals surface area contributed by atoms with Crippen molar-refractivity contribution in [3.05, 3.63) is 63.7 Å². The molecule has 0 amide bonds. The zero-order valence-electron chi connectivity index (χ0n) is 15.3. The summed E-state index contributed by atoms with van der Waals surface area (Å²) in [5.41, 5.74) is 7.21. The van der Waals surface area contributed by atoms with Crippen molar-refractivity contribution in [3.63, 3.8) is 0 Å². The molecule has 0 radical (unpaired) electrons. The van der Waals surface area contributed by atoms with Crippen LogP contribution in [0.25, 0.3) is 0 Å². The molecular formula is C21H28LiOP. The fourth-order valence-electron chi connectivity index (χ4n) is 2.94. The molecule has 2 aromatic rings. The van der Waals surface area contributed by atoms with Crippen LogP contribution in [0.3, 0.4) is 0 Å². The molecule has 0 aliphatic heterocycles. The van der Waals surface area contributed by atoms with Gasteiger partial charge in [-0.2, -0.15) is 0 Å². The van der Waals surface area contributed by atoms with Gasteiger partial charge in [0.25, 0.3) is 0 Å². The van der Waals surface area contributed by atoms with Crippen molar-refractivity contribution in [2.45, 2.75) is 53.9 Å². The number of rotatable bonds is 3. The quantitative estimate of drug-likeness (QED) is 0.587. The van der Waals surface area contributed by atoms with E-state index in [1.165, 1.54) is 22.0 Å². The van der Waals surface area contributed by atoms with Gasteiger partial charge < -0.3 is 0 Å². The second kappa shape index (κ2) is 8.01.